The molecule has 0 radical (unpaired) electrons. The molecule has 4 N–H and O–H groups in total. The van der Waals surface area contributed by atoms with Gasteiger partial charge in [0.1, 0.15) is 12.4 Å². The van der Waals surface area contributed by atoms with Gasteiger partial charge in [-0.15, -0.1) is 0 Å². The van der Waals surface area contributed by atoms with E-state index < -0.39 is 17.6 Å². The van der Waals surface area contributed by atoms with E-state index in [4.69, 9.17) is 19.4 Å². The zero-order valence-corrected chi connectivity index (χ0v) is 21.0. The second kappa shape index (κ2) is 12.3. The highest BCUT2D eigenvalue weighted by Gasteiger charge is 2.41. The summed E-state index contributed by atoms with van der Waals surface area (Å²) in [6, 6.07) is 13.5. The summed E-state index contributed by atoms with van der Waals surface area (Å²) >= 11 is 0. The van der Waals surface area contributed by atoms with Crippen LogP contribution in [0.4, 0.5) is 13.2 Å². The van der Waals surface area contributed by atoms with Gasteiger partial charge in [0.25, 0.3) is 11.8 Å². The van der Waals surface area contributed by atoms with Gasteiger partial charge in [0.05, 0.1) is 23.7 Å². The van der Waals surface area contributed by atoms with Crippen LogP contribution < -0.4 is 20.7 Å². The minimum atomic E-state index is -5.08. The van der Waals surface area contributed by atoms with Gasteiger partial charge in [-0.25, -0.2) is 4.79 Å². The summed E-state index contributed by atoms with van der Waals surface area (Å²) in [7, 11) is 1.57. The number of benzene rings is 2. The van der Waals surface area contributed by atoms with Crippen LogP contribution in [-0.4, -0.2) is 75.1 Å². The third kappa shape index (κ3) is 6.81. The Morgan fingerprint density at radius 2 is 1.84 bits per heavy atom. The number of carbonyl (C=O) groups excluding carboxylic acids is 2. The van der Waals surface area contributed by atoms with Crippen molar-refractivity contribution in [2.75, 3.05) is 39.9 Å². The molecule has 1 saturated heterocycles. The summed E-state index contributed by atoms with van der Waals surface area (Å²) in [5, 5.41) is 16.0. The Hall–Kier alpha value is -3.64. The first-order valence-electron chi connectivity index (χ1n) is 12.0. The Labute approximate surface area is 217 Å². The Kier molecular flexibility index (Phi) is 9.34. The number of ether oxygens (including phenoxy) is 2. The highest BCUT2D eigenvalue weighted by Crippen LogP contribution is 2.45. The van der Waals surface area contributed by atoms with E-state index in [0.717, 1.165) is 30.6 Å². The second-order valence-corrected chi connectivity index (χ2v) is 9.01. The number of hydrogen-bond donors (Lipinski definition) is 4. The first-order valence-corrected chi connectivity index (χ1v) is 12.0. The Morgan fingerprint density at radius 1 is 1.16 bits per heavy atom. The molecule has 0 aromatic heterocycles. The normalized spacial score (nSPS) is 20.3. The Balaban J connectivity index is 0.000000505. The number of fused-ring (bicyclic) bond motifs is 1. The van der Waals surface area contributed by atoms with Crippen LogP contribution in [0.1, 0.15) is 45.2 Å². The molecule has 0 spiro atoms. The molecule has 9 nitrogen and oxygen atoms in total. The topological polar surface area (TPSA) is 126 Å². The molecule has 0 unspecified atom stereocenters. The molecule has 2 aliphatic rings. The van der Waals surface area contributed by atoms with E-state index in [1.807, 2.05) is 36.4 Å². The van der Waals surface area contributed by atoms with Gasteiger partial charge in [-0.05, 0) is 31.0 Å². The van der Waals surface area contributed by atoms with Crippen LogP contribution in [0.25, 0.3) is 0 Å². The molecule has 1 fully saturated rings. The fourth-order valence-corrected chi connectivity index (χ4v) is 4.22. The molecule has 0 saturated carbocycles. The number of carboxylic acids is 1. The van der Waals surface area contributed by atoms with Crippen molar-refractivity contribution in [1.29, 1.82) is 0 Å². The van der Waals surface area contributed by atoms with Gasteiger partial charge < -0.3 is 30.5 Å². The summed E-state index contributed by atoms with van der Waals surface area (Å²) in [5.41, 5.74) is 2.32. The fraction of sp³-hybridized carbons (Fsp3) is 0.423. The average molecular weight is 538 g/mol. The van der Waals surface area contributed by atoms with Crippen molar-refractivity contribution in [2.45, 2.75) is 31.0 Å². The summed E-state index contributed by atoms with van der Waals surface area (Å²) in [5.74, 6) is -2.69. The van der Waals surface area contributed by atoms with Crippen LogP contribution in [0, 0.1) is 0 Å². The molecule has 4 rings (SSSR count). The van der Waals surface area contributed by atoms with Crippen molar-refractivity contribution in [3.63, 3.8) is 0 Å². The molecule has 0 bridgehead atoms. The number of aliphatic carboxylic acids is 1. The predicted octanol–water partition coefficient (Wildman–Crippen LogP) is 2.49. The van der Waals surface area contributed by atoms with Gasteiger partial charge in [0.15, 0.2) is 0 Å². The molecule has 2 amide bonds. The number of amides is 2. The number of alkyl halides is 3. The van der Waals surface area contributed by atoms with E-state index in [0.29, 0.717) is 36.6 Å². The molecule has 2 aromatic carbocycles. The lowest BCUT2D eigenvalue weighted by atomic mass is 9.77. The molecule has 206 valence electrons. The highest BCUT2D eigenvalue weighted by atomic mass is 19.4. The van der Waals surface area contributed by atoms with Gasteiger partial charge in [-0.2, -0.15) is 13.2 Å². The second-order valence-electron chi connectivity index (χ2n) is 9.01. The summed E-state index contributed by atoms with van der Waals surface area (Å²) in [6.45, 7) is 5.34. The first kappa shape index (κ1) is 28.9. The summed E-state index contributed by atoms with van der Waals surface area (Å²) in [4.78, 5) is 34.4. The summed E-state index contributed by atoms with van der Waals surface area (Å²) < 4.78 is 43.4. The third-order valence-corrected chi connectivity index (χ3v) is 6.33. The quantitative estimate of drug-likeness (QED) is 0.446. The molecular weight excluding hydrogens is 507 g/mol. The van der Waals surface area contributed by atoms with Crippen LogP contribution in [-0.2, 0) is 14.9 Å². The van der Waals surface area contributed by atoms with E-state index >= 15 is 0 Å². The molecule has 2 atom stereocenters. The monoisotopic (exact) mass is 537 g/mol. The van der Waals surface area contributed by atoms with E-state index in [1.54, 1.807) is 13.1 Å². The SMILES string of the molecule is CNC(=O)c1cc(C(=O)NCC[C@H]2CNCCO2)cc2c1OC[C@]2(C)c1ccccc1.O=C(O)C(F)(F)F. The van der Waals surface area contributed by atoms with Crippen molar-refractivity contribution in [2.24, 2.45) is 0 Å². The maximum Gasteiger partial charge on any atom is 0.490 e. The van der Waals surface area contributed by atoms with Gasteiger partial charge >= 0.3 is 12.1 Å². The fourth-order valence-electron chi connectivity index (χ4n) is 4.22. The number of hydrogen-bond acceptors (Lipinski definition) is 6. The molecule has 38 heavy (non-hydrogen) atoms. The number of rotatable bonds is 6. The number of carboxylic acid groups (broad SMARTS) is 1. The molecule has 2 aromatic rings. The highest BCUT2D eigenvalue weighted by molar-refractivity contribution is 6.02. The number of halogens is 3. The number of carbonyl (C=O) groups is 3. The Bertz CT molecular complexity index is 1150. The van der Waals surface area contributed by atoms with Gasteiger partial charge in [-0.1, -0.05) is 30.3 Å². The Morgan fingerprint density at radius 3 is 2.42 bits per heavy atom. The largest absolute Gasteiger partial charge is 0.491 e. The average Bonchev–Trinajstić information content (AvgIpc) is 3.26. The molecular formula is C26H30F3N3O6. The molecule has 2 aliphatic heterocycles. The predicted molar refractivity (Wildman–Crippen MR) is 131 cm³/mol. The maximum atomic E-state index is 13.0. The standard InChI is InChI=1S/C24H29N3O4.C2HF3O2/c1-24(17-6-4-3-5-7-17)15-31-21-19(23(29)25-2)12-16(13-20(21)24)22(28)27-9-8-18-14-26-10-11-30-18;3-2(4,5)1(6)7/h3-7,12-13,18,26H,8-11,14-15H2,1-2H3,(H,25,29)(H,27,28);(H,6,7)/t18-,24+;/m0./s1. The molecule has 0 aliphatic carbocycles. The number of nitrogens with one attached hydrogen (secondary N) is 3. The van der Waals surface area contributed by atoms with Crippen LogP contribution in [0.2, 0.25) is 0 Å². The minimum Gasteiger partial charge on any atom is -0.491 e. The first-order chi connectivity index (χ1) is 18.0. The van der Waals surface area contributed by atoms with Crippen LogP contribution in [0.3, 0.4) is 0 Å². The zero-order chi connectivity index (χ0) is 27.9. The summed E-state index contributed by atoms with van der Waals surface area (Å²) in [6.07, 6.45) is -4.25. The van der Waals surface area contributed by atoms with Crippen LogP contribution in [0.15, 0.2) is 42.5 Å². The van der Waals surface area contributed by atoms with Crippen LogP contribution in [0.5, 0.6) is 5.75 Å². The van der Waals surface area contributed by atoms with E-state index in [2.05, 4.69) is 22.9 Å². The number of morpholine rings is 1. The lowest BCUT2D eigenvalue weighted by molar-refractivity contribution is -0.192. The lowest BCUT2D eigenvalue weighted by Crippen LogP contribution is -2.40. The third-order valence-electron chi connectivity index (χ3n) is 6.33. The van der Waals surface area contributed by atoms with Crippen molar-refractivity contribution in [3.05, 3.63) is 64.7 Å². The zero-order valence-electron chi connectivity index (χ0n) is 21.0. The smallest absolute Gasteiger partial charge is 0.490 e. The maximum absolute atomic E-state index is 13.0. The minimum absolute atomic E-state index is 0.102. The van der Waals surface area contributed by atoms with Gasteiger partial charge in [-0.3, -0.25) is 9.59 Å². The van der Waals surface area contributed by atoms with Crippen molar-refractivity contribution < 1.29 is 42.1 Å². The van der Waals surface area contributed by atoms with E-state index in [-0.39, 0.29) is 17.9 Å². The van der Waals surface area contributed by atoms with Crippen molar-refractivity contribution in [1.82, 2.24) is 16.0 Å². The van der Waals surface area contributed by atoms with E-state index in [9.17, 15) is 22.8 Å². The molecule has 2 heterocycles. The molecule has 12 heteroatoms. The van der Waals surface area contributed by atoms with Crippen molar-refractivity contribution >= 4 is 17.8 Å². The van der Waals surface area contributed by atoms with Gasteiger partial charge in [0, 0.05) is 37.8 Å². The van der Waals surface area contributed by atoms with Gasteiger partial charge in [0.2, 0.25) is 0 Å². The lowest BCUT2D eigenvalue weighted by Gasteiger charge is -2.24. The van der Waals surface area contributed by atoms with E-state index in [1.165, 1.54) is 0 Å². The van der Waals surface area contributed by atoms with Crippen LogP contribution >= 0.6 is 0 Å². The van der Waals surface area contributed by atoms with Crippen molar-refractivity contribution in [3.8, 4) is 5.75 Å².